The average molecular weight is 249 g/mol. The van der Waals surface area contributed by atoms with E-state index in [9.17, 15) is 4.79 Å². The number of carbonyl (C=O) groups excluding carboxylic acids is 1. The third-order valence-electron chi connectivity index (χ3n) is 2.14. The van der Waals surface area contributed by atoms with Crippen molar-refractivity contribution in [2.45, 2.75) is 5.22 Å². The zero-order valence-corrected chi connectivity index (χ0v) is 10.1. The molecule has 0 aliphatic rings. The second-order valence-electron chi connectivity index (χ2n) is 3.21. The van der Waals surface area contributed by atoms with Crippen LogP contribution in [0.5, 0.6) is 5.75 Å². The number of thioether (sulfide) groups is 1. The number of benzene rings is 1. The second-order valence-corrected chi connectivity index (χ2v) is 4.14. The smallest absolute Gasteiger partial charge is 0.255 e. The van der Waals surface area contributed by atoms with Gasteiger partial charge in [-0.25, -0.2) is 4.98 Å². The van der Waals surface area contributed by atoms with Gasteiger partial charge in [0.1, 0.15) is 12.0 Å². The van der Waals surface area contributed by atoms with Crippen molar-refractivity contribution < 1.29 is 13.9 Å². The molecule has 88 valence electrons. The van der Waals surface area contributed by atoms with Gasteiger partial charge in [0, 0.05) is 0 Å². The van der Waals surface area contributed by atoms with Gasteiger partial charge in [0.25, 0.3) is 5.22 Å². The SMILES string of the molecule is COc1ccccc1C(=O)CSc1ncco1. The number of para-hydroxylation sites is 1. The largest absolute Gasteiger partial charge is 0.496 e. The molecule has 1 aromatic carbocycles. The van der Waals surface area contributed by atoms with E-state index < -0.39 is 0 Å². The summed E-state index contributed by atoms with van der Waals surface area (Å²) in [5, 5.41) is 0.494. The Morgan fingerprint density at radius 2 is 2.29 bits per heavy atom. The third kappa shape index (κ3) is 2.88. The molecule has 0 spiro atoms. The number of hydrogen-bond donors (Lipinski definition) is 0. The van der Waals surface area contributed by atoms with Gasteiger partial charge in [-0.15, -0.1) is 0 Å². The van der Waals surface area contributed by atoms with E-state index in [1.807, 2.05) is 12.1 Å². The second kappa shape index (κ2) is 5.54. The third-order valence-corrected chi connectivity index (χ3v) is 3.00. The highest BCUT2D eigenvalue weighted by Gasteiger charge is 2.12. The van der Waals surface area contributed by atoms with Crippen molar-refractivity contribution in [2.75, 3.05) is 12.9 Å². The van der Waals surface area contributed by atoms with Crippen molar-refractivity contribution in [2.24, 2.45) is 0 Å². The van der Waals surface area contributed by atoms with Gasteiger partial charge in [-0.2, -0.15) is 0 Å². The number of methoxy groups -OCH3 is 1. The van der Waals surface area contributed by atoms with Crippen LogP contribution < -0.4 is 4.74 Å². The molecule has 0 aliphatic carbocycles. The Morgan fingerprint density at radius 3 is 3.00 bits per heavy atom. The quantitative estimate of drug-likeness (QED) is 0.602. The lowest BCUT2D eigenvalue weighted by Crippen LogP contribution is -2.04. The number of ether oxygens (including phenoxy) is 1. The van der Waals surface area contributed by atoms with Gasteiger partial charge in [-0.05, 0) is 12.1 Å². The molecule has 2 aromatic rings. The van der Waals surface area contributed by atoms with Gasteiger partial charge >= 0.3 is 0 Å². The Hall–Kier alpha value is -1.75. The van der Waals surface area contributed by atoms with Gasteiger partial charge in [0.15, 0.2) is 5.78 Å². The van der Waals surface area contributed by atoms with E-state index in [0.29, 0.717) is 16.5 Å². The normalized spacial score (nSPS) is 10.2. The first kappa shape index (κ1) is 11.7. The number of carbonyl (C=O) groups is 1. The van der Waals surface area contributed by atoms with Crippen molar-refractivity contribution in [3.8, 4) is 5.75 Å². The van der Waals surface area contributed by atoms with Crippen molar-refractivity contribution in [3.63, 3.8) is 0 Å². The van der Waals surface area contributed by atoms with Crippen LogP contribution in [0, 0.1) is 0 Å². The van der Waals surface area contributed by atoms with E-state index >= 15 is 0 Å². The van der Waals surface area contributed by atoms with Gasteiger partial charge in [-0.1, -0.05) is 23.9 Å². The molecule has 0 bridgehead atoms. The lowest BCUT2D eigenvalue weighted by atomic mass is 10.1. The number of aromatic nitrogens is 1. The van der Waals surface area contributed by atoms with Gasteiger partial charge in [0.2, 0.25) is 0 Å². The van der Waals surface area contributed by atoms with Gasteiger partial charge < -0.3 is 9.15 Å². The zero-order chi connectivity index (χ0) is 12.1. The molecular weight excluding hydrogens is 238 g/mol. The van der Waals surface area contributed by atoms with Crippen LogP contribution in [0.4, 0.5) is 0 Å². The van der Waals surface area contributed by atoms with Crippen LogP contribution in [0.3, 0.4) is 0 Å². The van der Waals surface area contributed by atoms with Crippen LogP contribution in [0.25, 0.3) is 0 Å². The number of hydrogen-bond acceptors (Lipinski definition) is 5. The average Bonchev–Trinajstić information content (AvgIpc) is 2.89. The summed E-state index contributed by atoms with van der Waals surface area (Å²) >= 11 is 1.27. The Labute approximate surface area is 103 Å². The molecule has 0 unspecified atom stereocenters. The molecular formula is C12H11NO3S. The molecule has 0 amide bonds. The highest BCUT2D eigenvalue weighted by Crippen LogP contribution is 2.22. The maximum absolute atomic E-state index is 11.9. The standard InChI is InChI=1S/C12H11NO3S/c1-15-11-5-3-2-4-9(11)10(14)8-17-12-13-6-7-16-12/h2-7H,8H2,1H3. The fraction of sp³-hybridized carbons (Fsp3) is 0.167. The first-order chi connectivity index (χ1) is 8.31. The van der Waals surface area contributed by atoms with Crippen molar-refractivity contribution in [1.82, 2.24) is 4.98 Å². The topological polar surface area (TPSA) is 52.3 Å². The van der Waals surface area contributed by atoms with Crippen molar-refractivity contribution in [1.29, 1.82) is 0 Å². The fourth-order valence-corrected chi connectivity index (χ4v) is 2.03. The van der Waals surface area contributed by atoms with E-state index in [-0.39, 0.29) is 11.5 Å². The molecule has 4 nitrogen and oxygen atoms in total. The molecule has 0 N–H and O–H groups in total. The predicted molar refractivity (Wildman–Crippen MR) is 64.6 cm³/mol. The lowest BCUT2D eigenvalue weighted by molar-refractivity contribution is 0.101. The van der Waals surface area contributed by atoms with Crippen LogP contribution in [0.1, 0.15) is 10.4 Å². The van der Waals surface area contributed by atoms with E-state index in [1.54, 1.807) is 25.4 Å². The monoisotopic (exact) mass is 249 g/mol. The van der Waals surface area contributed by atoms with Gasteiger partial charge in [-0.3, -0.25) is 4.79 Å². The minimum atomic E-state index is -0.00866. The maximum Gasteiger partial charge on any atom is 0.255 e. The first-order valence-corrected chi connectivity index (χ1v) is 5.98. The molecule has 0 fully saturated rings. The number of ketones is 1. The van der Waals surface area contributed by atoms with Crippen LogP contribution >= 0.6 is 11.8 Å². The van der Waals surface area contributed by atoms with Crippen molar-refractivity contribution in [3.05, 3.63) is 42.3 Å². The van der Waals surface area contributed by atoms with Gasteiger partial charge in [0.05, 0.1) is 24.6 Å². The molecule has 2 rings (SSSR count). The van der Waals surface area contributed by atoms with Crippen LogP contribution in [-0.2, 0) is 0 Å². The maximum atomic E-state index is 11.9. The molecule has 5 heteroatoms. The van der Waals surface area contributed by atoms with Crippen molar-refractivity contribution >= 4 is 17.5 Å². The lowest BCUT2D eigenvalue weighted by Gasteiger charge is -2.05. The first-order valence-electron chi connectivity index (χ1n) is 5.00. The summed E-state index contributed by atoms with van der Waals surface area (Å²) in [5.74, 6) is 0.858. The Balaban J connectivity index is 2.04. The number of nitrogens with zero attached hydrogens (tertiary/aromatic N) is 1. The molecule has 1 aromatic heterocycles. The number of rotatable bonds is 5. The molecule has 0 atom stereocenters. The molecule has 0 radical (unpaired) electrons. The fourth-order valence-electron chi connectivity index (χ4n) is 1.36. The summed E-state index contributed by atoms with van der Waals surface area (Å²) in [4.78, 5) is 15.9. The minimum absolute atomic E-state index is 0.00866. The predicted octanol–water partition coefficient (Wildman–Crippen LogP) is 2.66. The number of Topliss-reactive ketones (excluding diaryl/α,β-unsaturated/α-hetero) is 1. The molecule has 17 heavy (non-hydrogen) atoms. The summed E-state index contributed by atoms with van der Waals surface area (Å²) in [6.07, 6.45) is 3.03. The van der Waals surface area contributed by atoms with E-state index in [4.69, 9.17) is 9.15 Å². The Bertz CT molecular complexity index is 496. The molecule has 0 aliphatic heterocycles. The van der Waals surface area contributed by atoms with Crippen LogP contribution in [0.15, 0.2) is 46.4 Å². The molecule has 0 saturated heterocycles. The summed E-state index contributed by atoms with van der Waals surface area (Å²) < 4.78 is 10.2. The minimum Gasteiger partial charge on any atom is -0.496 e. The number of oxazole rings is 1. The van der Waals surface area contributed by atoms with E-state index in [2.05, 4.69) is 4.98 Å². The Morgan fingerprint density at radius 1 is 1.47 bits per heavy atom. The zero-order valence-electron chi connectivity index (χ0n) is 9.25. The highest BCUT2D eigenvalue weighted by atomic mass is 32.2. The Kier molecular flexibility index (Phi) is 3.82. The summed E-state index contributed by atoms with van der Waals surface area (Å²) in [7, 11) is 1.55. The van der Waals surface area contributed by atoms with Crippen LogP contribution in [0.2, 0.25) is 0 Å². The molecule has 1 heterocycles. The summed E-state index contributed by atoms with van der Waals surface area (Å²) in [6, 6.07) is 7.16. The highest BCUT2D eigenvalue weighted by molar-refractivity contribution is 7.99. The molecule has 0 saturated carbocycles. The van der Waals surface area contributed by atoms with Crippen LogP contribution in [-0.4, -0.2) is 23.6 Å². The summed E-state index contributed by atoms with van der Waals surface area (Å²) in [5.41, 5.74) is 0.578. The van der Waals surface area contributed by atoms with E-state index in [0.717, 1.165) is 0 Å². The summed E-state index contributed by atoms with van der Waals surface area (Å²) in [6.45, 7) is 0. The van der Waals surface area contributed by atoms with E-state index in [1.165, 1.54) is 18.0 Å².